The van der Waals surface area contributed by atoms with Crippen molar-refractivity contribution in [2.45, 2.75) is 19.5 Å². The first kappa shape index (κ1) is 11.6. The first-order chi connectivity index (χ1) is 7.11. The number of carbonyl (C=O) groups is 1. The number of aromatic nitrogens is 1. The Morgan fingerprint density at radius 1 is 1.73 bits per heavy atom. The maximum atomic E-state index is 10.4. The lowest BCUT2D eigenvalue weighted by molar-refractivity contribution is -0.138. The van der Waals surface area contributed by atoms with Crippen LogP contribution in [0.3, 0.4) is 0 Å². The monoisotopic (exact) mass is 209 g/mol. The van der Waals surface area contributed by atoms with Crippen LogP contribution in [-0.2, 0) is 11.3 Å². The molecule has 0 bridgehead atoms. The van der Waals surface area contributed by atoms with E-state index in [1.807, 2.05) is 13.0 Å². The molecule has 0 spiro atoms. The zero-order valence-electron chi connectivity index (χ0n) is 8.60. The highest BCUT2D eigenvalue weighted by molar-refractivity contribution is 5.73. The summed E-state index contributed by atoms with van der Waals surface area (Å²) < 4.78 is 0. The summed E-state index contributed by atoms with van der Waals surface area (Å²) in [5.41, 5.74) is 7.52. The van der Waals surface area contributed by atoms with Crippen LogP contribution in [0.5, 0.6) is 0 Å². The summed E-state index contributed by atoms with van der Waals surface area (Å²) >= 11 is 0. The fraction of sp³-hybridized carbons (Fsp3) is 0.400. The molecule has 1 aromatic heterocycles. The molecular formula is C10H15N3O2. The normalized spacial score (nSPS) is 12.4. The number of hydrogen-bond acceptors (Lipinski definition) is 4. The second-order valence-corrected chi connectivity index (χ2v) is 3.38. The molecule has 0 fully saturated rings. The molecule has 0 radical (unpaired) electrons. The molecule has 1 aromatic rings. The van der Waals surface area contributed by atoms with E-state index in [2.05, 4.69) is 10.3 Å². The molecule has 0 amide bonds. The second-order valence-electron chi connectivity index (χ2n) is 3.38. The molecule has 4 N–H and O–H groups in total. The SMILES string of the molecule is Cc1ccncc1CNCC(N)C(=O)O. The van der Waals surface area contributed by atoms with Crippen LogP contribution in [0.2, 0.25) is 0 Å². The molecule has 0 aliphatic rings. The zero-order valence-corrected chi connectivity index (χ0v) is 8.60. The Bertz CT molecular complexity index is 341. The third-order valence-corrected chi connectivity index (χ3v) is 2.14. The summed E-state index contributed by atoms with van der Waals surface area (Å²) in [6.45, 7) is 2.82. The summed E-state index contributed by atoms with van der Waals surface area (Å²) in [7, 11) is 0. The van der Waals surface area contributed by atoms with Crippen molar-refractivity contribution in [3.05, 3.63) is 29.6 Å². The van der Waals surface area contributed by atoms with Gasteiger partial charge in [-0.15, -0.1) is 0 Å². The number of hydrogen-bond donors (Lipinski definition) is 3. The lowest BCUT2D eigenvalue weighted by Crippen LogP contribution is -2.40. The van der Waals surface area contributed by atoms with Gasteiger partial charge in [0.15, 0.2) is 0 Å². The maximum absolute atomic E-state index is 10.4. The Balaban J connectivity index is 2.38. The Labute approximate surface area is 88.3 Å². The van der Waals surface area contributed by atoms with Crippen molar-refractivity contribution in [3.8, 4) is 0 Å². The molecule has 5 heteroatoms. The number of aliphatic carboxylic acids is 1. The van der Waals surface area contributed by atoms with Gasteiger partial charge in [-0.3, -0.25) is 9.78 Å². The molecule has 0 aliphatic heterocycles. The predicted octanol–water partition coefficient (Wildman–Crippen LogP) is -0.108. The number of carboxylic acids is 1. The predicted molar refractivity (Wildman–Crippen MR) is 56.3 cm³/mol. The van der Waals surface area contributed by atoms with Gasteiger partial charge < -0.3 is 16.2 Å². The minimum absolute atomic E-state index is 0.254. The van der Waals surface area contributed by atoms with E-state index in [-0.39, 0.29) is 6.54 Å². The summed E-state index contributed by atoms with van der Waals surface area (Å²) in [6.07, 6.45) is 3.48. The van der Waals surface area contributed by atoms with Crippen LogP contribution in [0.4, 0.5) is 0 Å². The van der Waals surface area contributed by atoms with Gasteiger partial charge >= 0.3 is 5.97 Å². The molecule has 0 saturated heterocycles. The second kappa shape index (κ2) is 5.43. The summed E-state index contributed by atoms with van der Waals surface area (Å²) in [5.74, 6) is -0.995. The number of nitrogens with zero attached hydrogens (tertiary/aromatic N) is 1. The number of aryl methyl sites for hydroxylation is 1. The van der Waals surface area contributed by atoms with Gasteiger partial charge in [0.05, 0.1) is 0 Å². The Hall–Kier alpha value is -1.46. The van der Waals surface area contributed by atoms with E-state index in [4.69, 9.17) is 10.8 Å². The van der Waals surface area contributed by atoms with E-state index < -0.39 is 12.0 Å². The molecule has 0 aromatic carbocycles. The highest BCUT2D eigenvalue weighted by atomic mass is 16.4. The van der Waals surface area contributed by atoms with Crippen LogP contribution in [0.15, 0.2) is 18.5 Å². The number of pyridine rings is 1. The van der Waals surface area contributed by atoms with Crippen molar-refractivity contribution in [1.29, 1.82) is 0 Å². The zero-order chi connectivity index (χ0) is 11.3. The van der Waals surface area contributed by atoms with Crippen molar-refractivity contribution in [3.63, 3.8) is 0 Å². The highest BCUT2D eigenvalue weighted by Crippen LogP contribution is 2.03. The van der Waals surface area contributed by atoms with Crippen molar-refractivity contribution in [1.82, 2.24) is 10.3 Å². The molecule has 0 aliphatic carbocycles. The topological polar surface area (TPSA) is 88.2 Å². The van der Waals surface area contributed by atoms with Crippen molar-refractivity contribution >= 4 is 5.97 Å². The summed E-state index contributed by atoms with van der Waals surface area (Å²) in [4.78, 5) is 14.4. The van der Waals surface area contributed by atoms with Gasteiger partial charge in [-0.2, -0.15) is 0 Å². The van der Waals surface area contributed by atoms with Crippen LogP contribution < -0.4 is 11.1 Å². The van der Waals surface area contributed by atoms with E-state index in [1.165, 1.54) is 0 Å². The molecule has 1 rings (SSSR count). The molecule has 0 saturated carbocycles. The fourth-order valence-corrected chi connectivity index (χ4v) is 1.13. The Morgan fingerprint density at radius 2 is 2.47 bits per heavy atom. The van der Waals surface area contributed by atoms with Crippen LogP contribution >= 0.6 is 0 Å². The van der Waals surface area contributed by atoms with Gasteiger partial charge in [-0.05, 0) is 24.1 Å². The Morgan fingerprint density at radius 3 is 3.07 bits per heavy atom. The van der Waals surface area contributed by atoms with Gasteiger partial charge in [-0.25, -0.2) is 0 Å². The minimum Gasteiger partial charge on any atom is -0.480 e. The van der Waals surface area contributed by atoms with Crippen LogP contribution in [0.1, 0.15) is 11.1 Å². The van der Waals surface area contributed by atoms with Crippen LogP contribution in [0.25, 0.3) is 0 Å². The van der Waals surface area contributed by atoms with E-state index >= 15 is 0 Å². The molecule has 1 atom stereocenters. The van der Waals surface area contributed by atoms with Crippen LogP contribution in [0, 0.1) is 6.92 Å². The van der Waals surface area contributed by atoms with Gasteiger partial charge in [0.25, 0.3) is 0 Å². The third-order valence-electron chi connectivity index (χ3n) is 2.14. The molecular weight excluding hydrogens is 194 g/mol. The molecule has 1 unspecified atom stereocenters. The number of carboxylic acid groups (broad SMARTS) is 1. The Kier molecular flexibility index (Phi) is 4.20. The standard InChI is InChI=1S/C10H15N3O2/c1-7-2-3-12-4-8(7)5-13-6-9(11)10(14)15/h2-4,9,13H,5-6,11H2,1H3,(H,14,15). The molecule has 15 heavy (non-hydrogen) atoms. The number of nitrogens with two attached hydrogens (primary N) is 1. The lowest BCUT2D eigenvalue weighted by atomic mass is 10.1. The molecule has 5 nitrogen and oxygen atoms in total. The first-order valence-corrected chi connectivity index (χ1v) is 4.70. The number of rotatable bonds is 5. The van der Waals surface area contributed by atoms with Crippen LogP contribution in [-0.4, -0.2) is 28.6 Å². The van der Waals surface area contributed by atoms with Gasteiger partial charge in [0, 0.05) is 25.5 Å². The first-order valence-electron chi connectivity index (χ1n) is 4.70. The summed E-state index contributed by atoms with van der Waals surface area (Å²) in [5, 5.41) is 11.5. The number of nitrogens with one attached hydrogen (secondary N) is 1. The average Bonchev–Trinajstić information content (AvgIpc) is 2.20. The molecule has 1 heterocycles. The van der Waals surface area contributed by atoms with Gasteiger partial charge in [0.2, 0.25) is 0 Å². The molecule has 82 valence electrons. The van der Waals surface area contributed by atoms with Crippen molar-refractivity contribution in [2.24, 2.45) is 5.73 Å². The lowest BCUT2D eigenvalue weighted by Gasteiger charge is -2.09. The smallest absolute Gasteiger partial charge is 0.321 e. The van der Waals surface area contributed by atoms with E-state index in [9.17, 15) is 4.79 Å². The average molecular weight is 209 g/mol. The minimum atomic E-state index is -0.995. The third kappa shape index (κ3) is 3.65. The quantitative estimate of drug-likeness (QED) is 0.629. The summed E-state index contributed by atoms with van der Waals surface area (Å²) in [6, 6.07) is 1.05. The fourth-order valence-electron chi connectivity index (χ4n) is 1.13. The van der Waals surface area contributed by atoms with Crippen molar-refractivity contribution < 1.29 is 9.90 Å². The van der Waals surface area contributed by atoms with E-state index in [1.54, 1.807) is 12.4 Å². The van der Waals surface area contributed by atoms with Gasteiger partial charge in [-0.1, -0.05) is 0 Å². The largest absolute Gasteiger partial charge is 0.480 e. The van der Waals surface area contributed by atoms with E-state index in [0.717, 1.165) is 11.1 Å². The highest BCUT2D eigenvalue weighted by Gasteiger charge is 2.10. The maximum Gasteiger partial charge on any atom is 0.321 e. The van der Waals surface area contributed by atoms with E-state index in [0.29, 0.717) is 6.54 Å². The van der Waals surface area contributed by atoms with Crippen molar-refractivity contribution in [2.75, 3.05) is 6.54 Å². The van der Waals surface area contributed by atoms with Gasteiger partial charge in [0.1, 0.15) is 6.04 Å².